The summed E-state index contributed by atoms with van der Waals surface area (Å²) in [5.74, 6) is -0.945. The van der Waals surface area contributed by atoms with Crippen molar-refractivity contribution in [2.24, 2.45) is 0 Å². The fourth-order valence-electron chi connectivity index (χ4n) is 6.58. The summed E-state index contributed by atoms with van der Waals surface area (Å²) in [6, 6.07) is 20.7. The summed E-state index contributed by atoms with van der Waals surface area (Å²) in [5, 5.41) is 5.79. The first-order valence-electron chi connectivity index (χ1n) is 15.8. The van der Waals surface area contributed by atoms with E-state index in [-0.39, 0.29) is 23.7 Å². The molecule has 0 radical (unpaired) electrons. The summed E-state index contributed by atoms with van der Waals surface area (Å²) in [4.78, 5) is 39.8. The van der Waals surface area contributed by atoms with Crippen molar-refractivity contribution in [3.05, 3.63) is 95.5 Å². The Labute approximate surface area is 269 Å². The van der Waals surface area contributed by atoms with Crippen LogP contribution in [0.15, 0.2) is 77.3 Å². The van der Waals surface area contributed by atoms with Gasteiger partial charge in [0.15, 0.2) is 5.69 Å². The summed E-state index contributed by atoms with van der Waals surface area (Å²) in [7, 11) is 0. The fraction of sp³-hybridized carbons (Fsp3) is 0.353. The third kappa shape index (κ3) is 6.47. The number of alkyl halides is 3. The molecule has 5 heterocycles. The van der Waals surface area contributed by atoms with Crippen LogP contribution in [0.3, 0.4) is 0 Å². The zero-order chi connectivity index (χ0) is 32.5. The minimum absolute atomic E-state index is 0.0670. The topological polar surface area (TPSA) is 107 Å². The number of benzene rings is 2. The third-order valence-electron chi connectivity index (χ3n) is 9.12. The number of piperidine rings is 1. The number of hydrogen-bond acceptors (Lipinski definition) is 8. The van der Waals surface area contributed by atoms with Gasteiger partial charge in [-0.2, -0.15) is 18.2 Å². The predicted octanol–water partition coefficient (Wildman–Crippen LogP) is 5.41. The van der Waals surface area contributed by atoms with E-state index in [2.05, 4.69) is 32.7 Å². The molecule has 0 bridgehead atoms. The quantitative estimate of drug-likeness (QED) is 0.287. The van der Waals surface area contributed by atoms with Gasteiger partial charge in [-0.05, 0) is 48.1 Å². The number of carbonyl (C=O) groups excluding carboxylic acids is 2. The van der Waals surface area contributed by atoms with Gasteiger partial charge >= 0.3 is 6.18 Å². The van der Waals surface area contributed by atoms with Crippen LogP contribution in [0.1, 0.15) is 46.1 Å². The molecule has 2 amide bonds. The number of para-hydroxylation sites is 1. The molecule has 2 saturated heterocycles. The van der Waals surface area contributed by atoms with E-state index in [1.165, 1.54) is 11.8 Å². The smallest absolute Gasteiger partial charge is 0.417 e. The van der Waals surface area contributed by atoms with Crippen LogP contribution in [0, 0.1) is 0 Å². The molecular weight excluding hydrogens is 611 g/mol. The van der Waals surface area contributed by atoms with Crippen molar-refractivity contribution < 1.29 is 27.2 Å². The normalized spacial score (nSPS) is 18.5. The van der Waals surface area contributed by atoms with E-state index in [0.717, 1.165) is 24.1 Å². The molecule has 7 rings (SSSR count). The number of oxazole rings is 1. The lowest BCUT2D eigenvalue weighted by molar-refractivity contribution is -0.141. The third-order valence-corrected chi connectivity index (χ3v) is 9.12. The second-order valence-corrected chi connectivity index (χ2v) is 12.1. The number of rotatable bonds is 6. The second-order valence-electron chi connectivity index (χ2n) is 12.1. The Kier molecular flexibility index (Phi) is 8.21. The number of fused-ring (bicyclic) bond motifs is 1. The number of anilines is 4. The van der Waals surface area contributed by atoms with Crippen LogP contribution in [0.4, 0.5) is 36.4 Å². The minimum Gasteiger partial charge on any atom is -0.417 e. The van der Waals surface area contributed by atoms with Gasteiger partial charge in [-0.1, -0.05) is 48.5 Å². The van der Waals surface area contributed by atoms with Crippen molar-refractivity contribution in [3.8, 4) is 0 Å². The van der Waals surface area contributed by atoms with Gasteiger partial charge < -0.3 is 29.8 Å². The van der Waals surface area contributed by atoms with Crippen molar-refractivity contribution >= 4 is 35.0 Å². The van der Waals surface area contributed by atoms with E-state index >= 15 is 0 Å². The SMILES string of the molecule is O=C(Nc1ccc(N2CCN(C(=O)C3Cc4ccccc4N3)CC2)nc1)c1oc(N2CCC(c3ccccc3)CC2)nc1C(F)(F)F. The molecule has 0 spiro atoms. The largest absolute Gasteiger partial charge is 0.437 e. The van der Waals surface area contributed by atoms with E-state index < -0.39 is 23.5 Å². The summed E-state index contributed by atoms with van der Waals surface area (Å²) in [6.45, 7) is 3.12. The molecule has 4 aromatic rings. The van der Waals surface area contributed by atoms with E-state index in [1.54, 1.807) is 17.0 Å². The second kappa shape index (κ2) is 12.6. The molecule has 47 heavy (non-hydrogen) atoms. The number of nitrogens with one attached hydrogen (secondary N) is 2. The van der Waals surface area contributed by atoms with E-state index in [9.17, 15) is 22.8 Å². The number of nitrogens with zero attached hydrogens (tertiary/aromatic N) is 5. The number of carbonyl (C=O) groups is 2. The van der Waals surface area contributed by atoms with Crippen LogP contribution in [0.25, 0.3) is 0 Å². The van der Waals surface area contributed by atoms with Gasteiger partial charge in [0, 0.05) is 51.4 Å². The first-order chi connectivity index (χ1) is 22.7. The van der Waals surface area contributed by atoms with Crippen LogP contribution in [0.2, 0.25) is 0 Å². The van der Waals surface area contributed by atoms with Crippen molar-refractivity contribution in [1.29, 1.82) is 0 Å². The van der Waals surface area contributed by atoms with Crippen LogP contribution in [-0.2, 0) is 17.4 Å². The molecule has 2 aromatic carbocycles. The van der Waals surface area contributed by atoms with Crippen LogP contribution >= 0.6 is 0 Å². The van der Waals surface area contributed by atoms with E-state index in [1.807, 2.05) is 52.3 Å². The number of hydrogen-bond donors (Lipinski definition) is 2. The predicted molar refractivity (Wildman–Crippen MR) is 171 cm³/mol. The Bertz CT molecular complexity index is 1700. The standard InChI is InChI=1S/C34H34F3N7O3/c35-34(36,37)30-29(47-33(41-30)44-14-12-23(13-15-44)22-6-2-1-3-7-22)31(45)39-25-10-11-28(38-21-25)42-16-18-43(19-17-42)32(46)27-20-24-8-4-5-9-26(24)40-27/h1-11,21,23,27,40H,12-20H2,(H,39,45). The zero-order valence-electron chi connectivity index (χ0n) is 25.5. The monoisotopic (exact) mass is 645 g/mol. The maximum atomic E-state index is 13.9. The van der Waals surface area contributed by atoms with Crippen molar-refractivity contribution in [2.75, 3.05) is 59.7 Å². The van der Waals surface area contributed by atoms with E-state index in [4.69, 9.17) is 4.42 Å². The lowest BCUT2D eigenvalue weighted by Crippen LogP contribution is -2.52. The molecule has 3 aliphatic heterocycles. The van der Waals surface area contributed by atoms with Gasteiger partial charge in [-0.25, -0.2) is 4.98 Å². The molecule has 3 aliphatic rings. The highest BCUT2D eigenvalue weighted by Crippen LogP contribution is 2.36. The Morgan fingerprint density at radius 1 is 0.872 bits per heavy atom. The average Bonchev–Trinajstić information content (AvgIpc) is 3.75. The highest BCUT2D eigenvalue weighted by Gasteiger charge is 2.42. The van der Waals surface area contributed by atoms with Crippen LogP contribution in [0.5, 0.6) is 0 Å². The maximum absolute atomic E-state index is 13.9. The summed E-state index contributed by atoms with van der Waals surface area (Å²) < 4.78 is 47.3. The number of amides is 2. The summed E-state index contributed by atoms with van der Waals surface area (Å²) in [6.07, 6.45) is -1.36. The molecule has 2 N–H and O–H groups in total. The lowest BCUT2D eigenvalue weighted by atomic mass is 9.90. The molecule has 2 aromatic heterocycles. The highest BCUT2D eigenvalue weighted by molar-refractivity contribution is 6.03. The summed E-state index contributed by atoms with van der Waals surface area (Å²) in [5.41, 5.74) is 2.19. The molecule has 244 valence electrons. The number of halogens is 3. The molecule has 1 unspecified atom stereocenters. The van der Waals surface area contributed by atoms with Gasteiger partial charge in [0.1, 0.15) is 11.9 Å². The van der Waals surface area contributed by atoms with Gasteiger partial charge in [0.2, 0.25) is 11.7 Å². The Morgan fingerprint density at radius 3 is 2.28 bits per heavy atom. The number of aromatic nitrogens is 2. The van der Waals surface area contributed by atoms with Crippen LogP contribution < -0.4 is 20.4 Å². The first-order valence-corrected chi connectivity index (χ1v) is 15.8. The van der Waals surface area contributed by atoms with Gasteiger partial charge in [0.05, 0.1) is 11.9 Å². The highest BCUT2D eigenvalue weighted by atomic mass is 19.4. The zero-order valence-corrected chi connectivity index (χ0v) is 25.5. The molecular formula is C34H34F3N7O3. The Hall–Kier alpha value is -5.07. The number of piperazine rings is 1. The molecule has 10 nitrogen and oxygen atoms in total. The van der Waals surface area contributed by atoms with Gasteiger partial charge in [-0.3, -0.25) is 9.59 Å². The molecule has 0 saturated carbocycles. The fourth-order valence-corrected chi connectivity index (χ4v) is 6.58. The van der Waals surface area contributed by atoms with Gasteiger partial charge in [-0.15, -0.1) is 0 Å². The maximum Gasteiger partial charge on any atom is 0.437 e. The average molecular weight is 646 g/mol. The Morgan fingerprint density at radius 2 is 1.60 bits per heavy atom. The molecule has 13 heteroatoms. The minimum atomic E-state index is -4.87. The Balaban J connectivity index is 0.952. The molecule has 2 fully saturated rings. The van der Waals surface area contributed by atoms with Crippen molar-refractivity contribution in [3.63, 3.8) is 0 Å². The van der Waals surface area contributed by atoms with Gasteiger partial charge in [0.25, 0.3) is 11.9 Å². The number of pyridine rings is 1. The van der Waals surface area contributed by atoms with Crippen molar-refractivity contribution in [1.82, 2.24) is 14.9 Å². The van der Waals surface area contributed by atoms with Crippen LogP contribution in [-0.4, -0.2) is 72.0 Å². The molecule has 1 atom stereocenters. The lowest BCUT2D eigenvalue weighted by Gasteiger charge is -2.36. The molecule has 0 aliphatic carbocycles. The van der Waals surface area contributed by atoms with E-state index in [0.29, 0.717) is 57.4 Å². The van der Waals surface area contributed by atoms with Crippen molar-refractivity contribution in [2.45, 2.75) is 37.4 Å². The first kappa shape index (κ1) is 30.6. The summed E-state index contributed by atoms with van der Waals surface area (Å²) >= 11 is 0.